The second-order valence-electron chi connectivity index (χ2n) is 23.0. The van der Waals surface area contributed by atoms with Gasteiger partial charge in [-0.2, -0.15) is 0 Å². The summed E-state index contributed by atoms with van der Waals surface area (Å²) < 4.78 is 5.37. The van der Waals surface area contributed by atoms with Crippen molar-refractivity contribution < 1.29 is 0 Å². The molecule has 0 radical (unpaired) electrons. The molecular weight excluding hydrogens is 874 g/mol. The summed E-state index contributed by atoms with van der Waals surface area (Å²) in [6, 6.07) is 48.4. The topological polar surface area (TPSA) is 11.4 Å². The minimum atomic E-state index is -0.273. The van der Waals surface area contributed by atoms with Crippen LogP contribution in [0.3, 0.4) is 0 Å². The zero-order chi connectivity index (χ0) is 47.2. The smallest absolute Gasteiger partial charge is 0.252 e. The molecule has 69 heavy (non-hydrogen) atoms. The van der Waals surface area contributed by atoms with Gasteiger partial charge in [-0.05, 0) is 147 Å². The van der Waals surface area contributed by atoms with Crippen LogP contribution in [-0.2, 0) is 16.2 Å². The van der Waals surface area contributed by atoms with E-state index >= 15 is 0 Å². The highest BCUT2D eigenvalue weighted by molar-refractivity contribution is 8.01. The number of thioether (sulfide) groups is 1. The minimum absolute atomic E-state index is 0.0359. The summed E-state index contributed by atoms with van der Waals surface area (Å²) in [5, 5.41) is 4.51. The summed E-state index contributed by atoms with van der Waals surface area (Å²) in [7, 11) is 0. The van der Waals surface area contributed by atoms with E-state index in [9.17, 15) is 0 Å². The molecule has 1 unspecified atom stereocenters. The van der Waals surface area contributed by atoms with Crippen LogP contribution in [0.25, 0.3) is 42.3 Å². The Labute approximate surface area is 415 Å². The third-order valence-corrected chi connectivity index (χ3v) is 18.9. The van der Waals surface area contributed by atoms with E-state index in [1.807, 2.05) is 11.3 Å². The van der Waals surface area contributed by atoms with E-state index in [2.05, 4.69) is 235 Å². The number of rotatable bonds is 3. The second kappa shape index (κ2) is 14.0. The first-order valence-electron chi connectivity index (χ1n) is 24.9. The van der Waals surface area contributed by atoms with Gasteiger partial charge in [0.25, 0.3) is 6.71 Å². The fraction of sp³-hybridized carbons (Fsp3) is 0.238. The summed E-state index contributed by atoms with van der Waals surface area (Å²) in [6.45, 7) is 23.4. The lowest BCUT2D eigenvalue weighted by molar-refractivity contribution is 0.590. The van der Waals surface area contributed by atoms with Gasteiger partial charge >= 0.3 is 0 Å². The van der Waals surface area contributed by atoms with Crippen LogP contribution in [0.15, 0.2) is 144 Å². The molecular formula is C63H56BN3S2. The van der Waals surface area contributed by atoms with Crippen molar-refractivity contribution in [2.75, 3.05) is 9.80 Å². The molecule has 1 aliphatic carbocycles. The Morgan fingerprint density at radius 3 is 2.10 bits per heavy atom. The van der Waals surface area contributed by atoms with Crippen LogP contribution in [0.2, 0.25) is 0 Å². The number of thiophene rings is 1. The van der Waals surface area contributed by atoms with Gasteiger partial charge in [0.2, 0.25) is 0 Å². The number of aromatic nitrogens is 1. The third-order valence-electron chi connectivity index (χ3n) is 16.4. The van der Waals surface area contributed by atoms with Gasteiger partial charge in [-0.1, -0.05) is 134 Å². The number of anilines is 6. The fourth-order valence-electron chi connectivity index (χ4n) is 12.6. The van der Waals surface area contributed by atoms with Crippen LogP contribution < -0.4 is 26.2 Å². The molecule has 6 heterocycles. The maximum absolute atomic E-state index is 2.71. The van der Waals surface area contributed by atoms with E-state index in [4.69, 9.17) is 0 Å². The van der Waals surface area contributed by atoms with E-state index in [1.54, 1.807) is 0 Å². The Kier molecular flexibility index (Phi) is 8.46. The third kappa shape index (κ3) is 5.70. The molecule has 5 aliphatic rings. The first kappa shape index (κ1) is 41.7. The van der Waals surface area contributed by atoms with Crippen molar-refractivity contribution in [3.8, 4) is 5.69 Å². The molecule has 1 atom stereocenters. The first-order valence-corrected chi connectivity index (χ1v) is 26.6. The average molecular weight is 930 g/mol. The summed E-state index contributed by atoms with van der Waals surface area (Å²) in [4.78, 5) is 6.68. The summed E-state index contributed by atoms with van der Waals surface area (Å²) in [6.07, 6.45) is 8.10. The Balaban J connectivity index is 1.11. The summed E-state index contributed by atoms with van der Waals surface area (Å²) in [5.41, 5.74) is 24.7. The maximum atomic E-state index is 2.71. The molecule has 0 saturated heterocycles. The summed E-state index contributed by atoms with van der Waals surface area (Å²) >= 11 is 4.00. The van der Waals surface area contributed by atoms with Gasteiger partial charge in [-0.25, -0.2) is 0 Å². The highest BCUT2D eigenvalue weighted by Gasteiger charge is 2.46. The summed E-state index contributed by atoms with van der Waals surface area (Å²) in [5.74, 6) is 0. The minimum Gasteiger partial charge on any atom is -0.311 e. The van der Waals surface area contributed by atoms with Crippen molar-refractivity contribution >= 4 is 117 Å². The van der Waals surface area contributed by atoms with Gasteiger partial charge in [0.05, 0.1) is 11.4 Å². The number of fused-ring (bicyclic) bond motifs is 13. The predicted molar refractivity (Wildman–Crippen MR) is 301 cm³/mol. The van der Waals surface area contributed by atoms with Crippen molar-refractivity contribution in [3.63, 3.8) is 0 Å². The number of nitrogens with zero attached hydrogens (tertiary/aromatic N) is 3. The van der Waals surface area contributed by atoms with Crippen molar-refractivity contribution in [1.82, 2.24) is 4.57 Å². The van der Waals surface area contributed by atoms with Crippen molar-refractivity contribution in [3.05, 3.63) is 179 Å². The van der Waals surface area contributed by atoms with Crippen molar-refractivity contribution in [1.29, 1.82) is 0 Å². The van der Waals surface area contributed by atoms with Crippen LogP contribution in [0.1, 0.15) is 101 Å². The van der Waals surface area contributed by atoms with Gasteiger partial charge < -0.3 is 14.4 Å². The van der Waals surface area contributed by atoms with Crippen LogP contribution >= 0.6 is 23.1 Å². The zero-order valence-electron chi connectivity index (χ0n) is 41.3. The Morgan fingerprint density at radius 1 is 0.652 bits per heavy atom. The molecule has 0 N–H and O–H groups in total. The highest BCUT2D eigenvalue weighted by atomic mass is 32.2. The SMILES string of the molecule is Cc1cc(C(C)(C)C)ccc1N(c1ccc2c(c1)N1c3cc(cc4c3B2c2cccc3c5c(n-4c23)C2=CC=CCC2S5)C(C)(C)c2ccc3sc4cccc1c4c3c2)c1ccc(C(C)(C)C)cc1C. The normalized spacial score (nSPS) is 17.0. The second-order valence-corrected chi connectivity index (χ2v) is 25.3. The number of hydrogen-bond acceptors (Lipinski definition) is 4. The van der Waals surface area contributed by atoms with Crippen LogP contribution in [0.4, 0.5) is 34.1 Å². The molecule has 4 aliphatic heterocycles. The first-order chi connectivity index (χ1) is 33.1. The van der Waals surface area contributed by atoms with Crippen LogP contribution in [0, 0.1) is 13.8 Å². The standard InChI is InChI=1S/C63H56BN3S2/c1-35-29-37(61(3,4)5)21-26-47(35)65(48-27-22-38(30-36(48)2)62(6,7)8)41-24-25-45-50(34-41)66-49-18-14-20-55-56(49)44-31-39(23-28-54(44)68-55)63(9,10)40-32-51(66)57-52(33-40)67-58-43(16-13-17-46(58)64(45)57)60-59(67)42-15-11-12-19-53(42)69-60/h11-18,20-34,53H,19H2,1-10H3. The van der Waals surface area contributed by atoms with Gasteiger partial charge in [-0.15, -0.1) is 23.1 Å². The highest BCUT2D eigenvalue weighted by Crippen LogP contribution is 2.56. The average Bonchev–Trinajstić information content (AvgIpc) is 4.00. The largest absolute Gasteiger partial charge is 0.311 e. The van der Waals surface area contributed by atoms with E-state index in [-0.39, 0.29) is 23.0 Å². The molecule has 0 amide bonds. The van der Waals surface area contributed by atoms with Crippen molar-refractivity contribution in [2.45, 2.75) is 102 Å². The molecule has 0 fully saturated rings. The molecule has 0 spiro atoms. The van der Waals surface area contributed by atoms with E-state index in [0.717, 1.165) is 12.1 Å². The number of para-hydroxylation sites is 1. The number of aryl methyl sites for hydroxylation is 2. The van der Waals surface area contributed by atoms with Crippen LogP contribution in [-0.4, -0.2) is 16.5 Å². The van der Waals surface area contributed by atoms with E-state index in [1.165, 1.54) is 131 Å². The van der Waals surface area contributed by atoms with Crippen LogP contribution in [0.5, 0.6) is 0 Å². The predicted octanol–water partition coefficient (Wildman–Crippen LogP) is 15.7. The molecule has 9 aromatic rings. The Morgan fingerprint density at radius 2 is 1.38 bits per heavy atom. The maximum Gasteiger partial charge on any atom is 0.252 e. The van der Waals surface area contributed by atoms with Gasteiger partial charge in [0.1, 0.15) is 0 Å². The van der Waals surface area contributed by atoms with Gasteiger partial charge in [0, 0.05) is 80.8 Å². The molecule has 3 nitrogen and oxygen atoms in total. The quantitative estimate of drug-likeness (QED) is 0.164. The molecule has 0 saturated carbocycles. The molecule has 2 aromatic heterocycles. The number of hydrogen-bond donors (Lipinski definition) is 0. The molecule has 7 aromatic carbocycles. The molecule has 338 valence electrons. The van der Waals surface area contributed by atoms with Gasteiger partial charge in [-0.3, -0.25) is 0 Å². The fourth-order valence-corrected chi connectivity index (χ4v) is 15.1. The van der Waals surface area contributed by atoms with Gasteiger partial charge in [0.15, 0.2) is 0 Å². The Hall–Kier alpha value is -6.21. The molecule has 6 heteroatoms. The Bertz CT molecular complexity index is 3780. The van der Waals surface area contributed by atoms with E-state index < -0.39 is 0 Å². The van der Waals surface area contributed by atoms with E-state index in [0.29, 0.717) is 5.25 Å². The zero-order valence-corrected chi connectivity index (χ0v) is 42.9. The number of benzene rings is 7. The molecule has 4 bridgehead atoms. The lowest BCUT2D eigenvalue weighted by atomic mass is 9.33. The van der Waals surface area contributed by atoms with Crippen molar-refractivity contribution in [2.24, 2.45) is 0 Å². The lowest BCUT2D eigenvalue weighted by Gasteiger charge is -2.43. The molecule has 14 rings (SSSR count). The lowest BCUT2D eigenvalue weighted by Crippen LogP contribution is -2.60. The number of allylic oxidation sites excluding steroid dienone is 3. The monoisotopic (exact) mass is 929 g/mol.